The molecule has 2 aliphatic heterocycles. The maximum Gasteiger partial charge on any atom is 0.327 e. The van der Waals surface area contributed by atoms with Gasteiger partial charge in [-0.2, -0.15) is 11.8 Å². The molecule has 0 spiro atoms. The summed E-state index contributed by atoms with van der Waals surface area (Å²) in [6, 6.07) is 6.82. The van der Waals surface area contributed by atoms with E-state index in [9.17, 15) is 14.7 Å². The molecule has 2 N–H and O–H groups in total. The third-order valence-electron chi connectivity index (χ3n) is 3.95. The summed E-state index contributed by atoms with van der Waals surface area (Å²) < 4.78 is 0. The van der Waals surface area contributed by atoms with E-state index in [1.54, 1.807) is 0 Å². The van der Waals surface area contributed by atoms with Crippen LogP contribution in [-0.2, 0) is 16.0 Å². The number of hydrogen-bond donors (Lipinski definition) is 2. The zero-order chi connectivity index (χ0) is 14.8. The number of carbonyl (C=O) groups is 2. The topological polar surface area (TPSA) is 69.6 Å². The third kappa shape index (κ3) is 2.91. The van der Waals surface area contributed by atoms with E-state index in [-0.39, 0.29) is 11.9 Å². The van der Waals surface area contributed by atoms with Gasteiger partial charge >= 0.3 is 5.97 Å². The molecule has 21 heavy (non-hydrogen) atoms. The van der Waals surface area contributed by atoms with Crippen LogP contribution in [0.3, 0.4) is 0 Å². The number of amides is 1. The summed E-state index contributed by atoms with van der Waals surface area (Å²) in [4.78, 5) is 25.5. The van der Waals surface area contributed by atoms with Crippen molar-refractivity contribution in [3.8, 4) is 0 Å². The zero-order valence-corrected chi connectivity index (χ0v) is 12.4. The summed E-state index contributed by atoms with van der Waals surface area (Å²) in [7, 11) is 0. The molecule has 2 atom stereocenters. The lowest BCUT2D eigenvalue weighted by Crippen LogP contribution is -2.47. The van der Waals surface area contributed by atoms with E-state index < -0.39 is 12.0 Å². The number of carboxylic acids is 1. The Morgan fingerprint density at radius 3 is 2.90 bits per heavy atom. The Hall–Kier alpha value is -1.53. The van der Waals surface area contributed by atoms with Gasteiger partial charge < -0.3 is 10.4 Å². The van der Waals surface area contributed by atoms with E-state index in [1.165, 1.54) is 4.90 Å². The van der Waals surface area contributed by atoms with Crippen LogP contribution in [-0.4, -0.2) is 47.1 Å². The molecule has 1 aromatic rings. The van der Waals surface area contributed by atoms with E-state index in [4.69, 9.17) is 0 Å². The maximum atomic E-state index is 12.6. The van der Waals surface area contributed by atoms with E-state index >= 15 is 0 Å². The minimum atomic E-state index is -0.939. The van der Waals surface area contributed by atoms with Crippen LogP contribution in [0.1, 0.15) is 12.0 Å². The highest BCUT2D eigenvalue weighted by Gasteiger charge is 2.38. The van der Waals surface area contributed by atoms with Gasteiger partial charge in [0.2, 0.25) is 5.91 Å². The van der Waals surface area contributed by atoms with Crippen molar-refractivity contribution in [3.63, 3.8) is 0 Å². The average molecular weight is 306 g/mol. The maximum absolute atomic E-state index is 12.6. The number of nitrogens with one attached hydrogen (secondary N) is 1. The zero-order valence-electron chi connectivity index (χ0n) is 11.6. The molecule has 1 aromatic carbocycles. The Morgan fingerprint density at radius 2 is 2.19 bits per heavy atom. The Bertz CT molecular complexity index is 558. The van der Waals surface area contributed by atoms with Crippen molar-refractivity contribution in [2.45, 2.75) is 24.9 Å². The van der Waals surface area contributed by atoms with Gasteiger partial charge in [-0.15, -0.1) is 0 Å². The number of thioether (sulfide) groups is 1. The van der Waals surface area contributed by atoms with Crippen LogP contribution in [0.5, 0.6) is 0 Å². The Morgan fingerprint density at radius 1 is 1.38 bits per heavy atom. The second-order valence-corrected chi connectivity index (χ2v) is 6.53. The summed E-state index contributed by atoms with van der Waals surface area (Å²) in [5.74, 6) is 0.923. The number of carbonyl (C=O) groups excluding carboxylic acids is 1. The van der Waals surface area contributed by atoms with Gasteiger partial charge in [-0.1, -0.05) is 18.2 Å². The normalized spacial score (nSPS) is 24.7. The predicted octanol–water partition coefficient (Wildman–Crippen LogP) is 1.12. The highest BCUT2D eigenvalue weighted by atomic mass is 32.2. The molecular formula is C15H18N2O3S. The van der Waals surface area contributed by atoms with Crippen LogP contribution >= 0.6 is 11.8 Å². The molecule has 0 aliphatic carbocycles. The fraction of sp³-hybridized carbons (Fsp3) is 0.467. The molecule has 112 valence electrons. The molecule has 2 aliphatic rings. The largest absolute Gasteiger partial charge is 0.480 e. The van der Waals surface area contributed by atoms with Crippen LogP contribution in [0.2, 0.25) is 0 Å². The number of nitrogens with zero attached hydrogens (tertiary/aromatic N) is 1. The highest BCUT2D eigenvalue weighted by molar-refractivity contribution is 7.99. The number of carboxylic acid groups (broad SMARTS) is 1. The fourth-order valence-corrected chi connectivity index (χ4v) is 3.90. The van der Waals surface area contributed by atoms with Crippen LogP contribution < -0.4 is 10.2 Å². The molecule has 1 fully saturated rings. The first-order valence-corrected chi connectivity index (χ1v) is 8.26. The minimum absolute atomic E-state index is 0.104. The first kappa shape index (κ1) is 14.4. The standard InChI is InChI=1S/C15H18N2O3S/c18-14(8-11-9-21-6-5-16-11)17-12-4-2-1-3-10(12)7-13(17)15(19)20/h1-4,11,13,16H,5-9H2,(H,19,20). The average Bonchev–Trinajstić information content (AvgIpc) is 2.88. The number of aliphatic carboxylic acids is 1. The molecule has 5 nitrogen and oxygen atoms in total. The van der Waals surface area contributed by atoms with Gasteiger partial charge in [0, 0.05) is 42.6 Å². The molecule has 1 amide bonds. The van der Waals surface area contributed by atoms with Gasteiger partial charge in [0.05, 0.1) is 0 Å². The second kappa shape index (κ2) is 6.07. The number of anilines is 1. The van der Waals surface area contributed by atoms with Gasteiger partial charge in [0.1, 0.15) is 6.04 Å². The summed E-state index contributed by atoms with van der Waals surface area (Å²) in [6.45, 7) is 0.904. The number of para-hydroxylation sites is 1. The minimum Gasteiger partial charge on any atom is -0.480 e. The van der Waals surface area contributed by atoms with Crippen LogP contribution in [0.4, 0.5) is 5.69 Å². The van der Waals surface area contributed by atoms with Crippen LogP contribution in [0.15, 0.2) is 24.3 Å². The summed E-state index contributed by atoms with van der Waals surface area (Å²) in [6.07, 6.45) is 0.745. The fourth-order valence-electron chi connectivity index (χ4n) is 2.95. The number of benzene rings is 1. The van der Waals surface area contributed by atoms with Gasteiger partial charge in [-0.3, -0.25) is 9.69 Å². The van der Waals surface area contributed by atoms with E-state index in [2.05, 4.69) is 5.32 Å². The van der Waals surface area contributed by atoms with Crippen molar-refractivity contribution >= 4 is 29.3 Å². The van der Waals surface area contributed by atoms with Crippen molar-refractivity contribution < 1.29 is 14.7 Å². The van der Waals surface area contributed by atoms with Crippen molar-refractivity contribution in [2.24, 2.45) is 0 Å². The van der Waals surface area contributed by atoms with Gasteiger partial charge in [-0.25, -0.2) is 4.79 Å². The van der Waals surface area contributed by atoms with Crippen molar-refractivity contribution in [1.82, 2.24) is 5.32 Å². The molecule has 0 aromatic heterocycles. The summed E-state index contributed by atoms with van der Waals surface area (Å²) in [5.41, 5.74) is 1.68. The van der Waals surface area contributed by atoms with Crippen molar-refractivity contribution in [3.05, 3.63) is 29.8 Å². The quantitative estimate of drug-likeness (QED) is 0.876. The molecule has 1 saturated heterocycles. The van der Waals surface area contributed by atoms with Crippen LogP contribution in [0, 0.1) is 0 Å². The SMILES string of the molecule is O=C(O)C1Cc2ccccc2N1C(=O)CC1CSCCN1. The predicted molar refractivity (Wildman–Crippen MR) is 82.8 cm³/mol. The first-order valence-electron chi connectivity index (χ1n) is 7.10. The van der Waals surface area contributed by atoms with Crippen LogP contribution in [0.25, 0.3) is 0 Å². The number of rotatable bonds is 3. The molecule has 2 heterocycles. The highest BCUT2D eigenvalue weighted by Crippen LogP contribution is 2.33. The summed E-state index contributed by atoms with van der Waals surface area (Å²) in [5, 5.41) is 12.7. The van der Waals surface area contributed by atoms with Gasteiger partial charge in [0.15, 0.2) is 0 Å². The Kier molecular flexibility index (Phi) is 4.17. The van der Waals surface area contributed by atoms with E-state index in [1.807, 2.05) is 36.0 Å². The van der Waals surface area contributed by atoms with Gasteiger partial charge in [-0.05, 0) is 11.6 Å². The molecular weight excluding hydrogens is 288 g/mol. The molecule has 0 bridgehead atoms. The van der Waals surface area contributed by atoms with Crippen molar-refractivity contribution in [1.29, 1.82) is 0 Å². The molecule has 2 unspecified atom stereocenters. The van der Waals surface area contributed by atoms with Gasteiger partial charge in [0.25, 0.3) is 0 Å². The molecule has 0 saturated carbocycles. The Labute approximate surface area is 127 Å². The van der Waals surface area contributed by atoms with E-state index in [0.29, 0.717) is 12.8 Å². The monoisotopic (exact) mass is 306 g/mol. The lowest BCUT2D eigenvalue weighted by Gasteiger charge is -2.27. The second-order valence-electron chi connectivity index (χ2n) is 5.38. The number of hydrogen-bond acceptors (Lipinski definition) is 4. The number of fused-ring (bicyclic) bond motifs is 1. The van der Waals surface area contributed by atoms with Crippen molar-refractivity contribution in [2.75, 3.05) is 23.0 Å². The smallest absolute Gasteiger partial charge is 0.327 e. The third-order valence-corrected chi connectivity index (χ3v) is 5.08. The summed E-state index contributed by atoms with van der Waals surface area (Å²) >= 11 is 1.83. The lowest BCUT2D eigenvalue weighted by molar-refractivity contribution is -0.139. The molecule has 3 rings (SSSR count). The lowest BCUT2D eigenvalue weighted by atomic mass is 10.1. The molecule has 0 radical (unpaired) electrons. The molecule has 6 heteroatoms. The van der Waals surface area contributed by atoms with E-state index in [0.717, 1.165) is 29.3 Å². The first-order chi connectivity index (χ1) is 10.2. The Balaban J connectivity index is 1.80.